The molecule has 5 heteroatoms. The Bertz CT molecular complexity index is 864. The smallest absolute Gasteiger partial charge is 0.316 e. The first-order valence-electron chi connectivity index (χ1n) is 8.92. The number of urea groups is 1. The molecule has 138 valence electrons. The van der Waals surface area contributed by atoms with E-state index in [4.69, 9.17) is 11.6 Å². The van der Waals surface area contributed by atoms with Gasteiger partial charge >= 0.3 is 6.03 Å². The van der Waals surface area contributed by atoms with E-state index in [1.807, 2.05) is 12.1 Å². The zero-order valence-corrected chi connectivity index (χ0v) is 16.0. The molecule has 0 bridgehead atoms. The predicted molar refractivity (Wildman–Crippen MR) is 110 cm³/mol. The summed E-state index contributed by atoms with van der Waals surface area (Å²) in [6, 6.07) is 19.1. The van der Waals surface area contributed by atoms with Crippen LogP contribution in [-0.4, -0.2) is 15.9 Å². The van der Waals surface area contributed by atoms with Crippen LogP contribution in [0.25, 0.3) is 0 Å². The lowest BCUT2D eigenvalue weighted by Gasteiger charge is -2.23. The van der Waals surface area contributed by atoms with Gasteiger partial charge in [-0.2, -0.15) is 0 Å². The molecule has 0 atom stereocenters. The summed E-state index contributed by atoms with van der Waals surface area (Å²) < 4.78 is 0. The van der Waals surface area contributed by atoms with E-state index in [-0.39, 0.29) is 6.03 Å². The van der Waals surface area contributed by atoms with Crippen molar-refractivity contribution in [3.63, 3.8) is 0 Å². The first kappa shape index (κ1) is 18.9. The van der Waals surface area contributed by atoms with Crippen molar-refractivity contribution in [2.75, 3.05) is 5.32 Å². The third-order valence-corrected chi connectivity index (χ3v) is 4.54. The molecule has 4 nitrogen and oxygen atoms in total. The second-order valence-electron chi connectivity index (χ2n) is 6.32. The number of carbonyl (C=O) groups is 1. The average Bonchev–Trinajstić information content (AvgIpc) is 2.70. The van der Waals surface area contributed by atoms with Gasteiger partial charge in [0, 0.05) is 36.2 Å². The fourth-order valence-electron chi connectivity index (χ4n) is 2.75. The molecule has 2 aromatic carbocycles. The van der Waals surface area contributed by atoms with E-state index in [1.54, 1.807) is 41.6 Å². The van der Waals surface area contributed by atoms with Crippen molar-refractivity contribution >= 4 is 23.3 Å². The molecule has 3 aromatic rings. The SMILES string of the molecule is CCc1ccc(CN(Cc2cccnc2)C(=O)Nc2ccc(Cl)cc2)cc1. The number of hydrogen-bond acceptors (Lipinski definition) is 2. The average molecular weight is 380 g/mol. The van der Waals surface area contributed by atoms with Gasteiger partial charge in [0.1, 0.15) is 0 Å². The number of rotatable bonds is 6. The lowest BCUT2D eigenvalue weighted by atomic mass is 10.1. The van der Waals surface area contributed by atoms with E-state index in [0.29, 0.717) is 23.8 Å². The second kappa shape index (κ2) is 9.19. The van der Waals surface area contributed by atoms with Gasteiger partial charge in [0.05, 0.1) is 0 Å². The molecule has 0 fully saturated rings. The van der Waals surface area contributed by atoms with Crippen LogP contribution < -0.4 is 5.32 Å². The summed E-state index contributed by atoms with van der Waals surface area (Å²) in [5.41, 5.74) is 4.06. The van der Waals surface area contributed by atoms with Crippen molar-refractivity contribution in [3.8, 4) is 0 Å². The Morgan fingerprint density at radius 3 is 2.26 bits per heavy atom. The number of aromatic nitrogens is 1. The van der Waals surface area contributed by atoms with Gasteiger partial charge in [-0.1, -0.05) is 48.9 Å². The van der Waals surface area contributed by atoms with Crippen LogP contribution in [0.3, 0.4) is 0 Å². The number of halogens is 1. The van der Waals surface area contributed by atoms with Crippen LogP contribution in [0.5, 0.6) is 0 Å². The quantitative estimate of drug-likeness (QED) is 0.611. The normalized spacial score (nSPS) is 10.4. The standard InChI is InChI=1S/C22H22ClN3O/c1-2-17-5-7-18(8-6-17)15-26(16-19-4-3-13-24-14-19)22(27)25-21-11-9-20(23)10-12-21/h3-14H,2,15-16H2,1H3,(H,25,27). The van der Waals surface area contributed by atoms with Gasteiger partial charge in [-0.3, -0.25) is 4.98 Å². The number of anilines is 1. The highest BCUT2D eigenvalue weighted by Crippen LogP contribution is 2.16. The van der Waals surface area contributed by atoms with Gasteiger partial charge in [-0.15, -0.1) is 0 Å². The number of pyridine rings is 1. The fraction of sp³-hybridized carbons (Fsp3) is 0.182. The Labute approximate surface area is 164 Å². The highest BCUT2D eigenvalue weighted by Gasteiger charge is 2.15. The maximum Gasteiger partial charge on any atom is 0.322 e. The lowest BCUT2D eigenvalue weighted by molar-refractivity contribution is 0.206. The fourth-order valence-corrected chi connectivity index (χ4v) is 2.87. The predicted octanol–water partition coefficient (Wildman–Crippen LogP) is 5.53. The highest BCUT2D eigenvalue weighted by atomic mass is 35.5. The number of benzene rings is 2. The largest absolute Gasteiger partial charge is 0.322 e. The maximum atomic E-state index is 12.9. The zero-order valence-electron chi connectivity index (χ0n) is 15.2. The molecule has 1 N–H and O–H groups in total. The van der Waals surface area contributed by atoms with E-state index in [1.165, 1.54) is 5.56 Å². The summed E-state index contributed by atoms with van der Waals surface area (Å²) in [6.45, 7) is 3.12. The summed E-state index contributed by atoms with van der Waals surface area (Å²) in [5, 5.41) is 3.58. The van der Waals surface area contributed by atoms with Crippen molar-refractivity contribution in [3.05, 3.63) is 94.8 Å². The van der Waals surface area contributed by atoms with E-state index in [0.717, 1.165) is 17.5 Å². The van der Waals surface area contributed by atoms with Gasteiger partial charge in [0.25, 0.3) is 0 Å². The lowest BCUT2D eigenvalue weighted by Crippen LogP contribution is -2.34. The van der Waals surface area contributed by atoms with E-state index < -0.39 is 0 Å². The van der Waals surface area contributed by atoms with Crippen LogP contribution in [0.4, 0.5) is 10.5 Å². The Morgan fingerprint density at radius 1 is 0.963 bits per heavy atom. The Balaban J connectivity index is 1.77. The number of hydrogen-bond donors (Lipinski definition) is 1. The third kappa shape index (κ3) is 5.56. The minimum absolute atomic E-state index is 0.166. The first-order chi connectivity index (χ1) is 13.1. The second-order valence-corrected chi connectivity index (χ2v) is 6.76. The Hall–Kier alpha value is -2.85. The summed E-state index contributed by atoms with van der Waals surface area (Å²) in [5.74, 6) is 0. The molecule has 0 spiro atoms. The summed E-state index contributed by atoms with van der Waals surface area (Å²) in [4.78, 5) is 18.8. The summed E-state index contributed by atoms with van der Waals surface area (Å²) in [7, 11) is 0. The van der Waals surface area contributed by atoms with E-state index >= 15 is 0 Å². The minimum Gasteiger partial charge on any atom is -0.316 e. The van der Waals surface area contributed by atoms with Crippen molar-refractivity contribution in [1.82, 2.24) is 9.88 Å². The molecule has 1 heterocycles. The van der Waals surface area contributed by atoms with Crippen LogP contribution in [0.1, 0.15) is 23.6 Å². The van der Waals surface area contributed by atoms with E-state index in [9.17, 15) is 4.79 Å². The zero-order chi connectivity index (χ0) is 19.1. The molecule has 0 radical (unpaired) electrons. The van der Waals surface area contributed by atoms with Crippen molar-refractivity contribution in [2.24, 2.45) is 0 Å². The van der Waals surface area contributed by atoms with Gasteiger partial charge in [0.15, 0.2) is 0 Å². The van der Waals surface area contributed by atoms with Gasteiger partial charge in [0.2, 0.25) is 0 Å². The summed E-state index contributed by atoms with van der Waals surface area (Å²) in [6.07, 6.45) is 4.50. The molecule has 0 aliphatic rings. The van der Waals surface area contributed by atoms with Crippen molar-refractivity contribution in [2.45, 2.75) is 26.4 Å². The van der Waals surface area contributed by atoms with Crippen LogP contribution in [-0.2, 0) is 19.5 Å². The van der Waals surface area contributed by atoms with E-state index in [2.05, 4.69) is 41.5 Å². The molecule has 0 aliphatic heterocycles. The molecule has 0 aliphatic carbocycles. The third-order valence-electron chi connectivity index (χ3n) is 4.28. The molecule has 27 heavy (non-hydrogen) atoms. The van der Waals surface area contributed by atoms with Crippen molar-refractivity contribution in [1.29, 1.82) is 0 Å². The Morgan fingerprint density at radius 2 is 1.63 bits per heavy atom. The monoisotopic (exact) mass is 379 g/mol. The van der Waals surface area contributed by atoms with Crippen LogP contribution >= 0.6 is 11.6 Å². The summed E-state index contributed by atoms with van der Waals surface area (Å²) >= 11 is 5.92. The molecule has 0 saturated carbocycles. The van der Waals surface area contributed by atoms with Crippen molar-refractivity contribution < 1.29 is 4.79 Å². The molecule has 0 saturated heterocycles. The van der Waals surface area contributed by atoms with Gasteiger partial charge < -0.3 is 10.2 Å². The minimum atomic E-state index is -0.166. The van der Waals surface area contributed by atoms with Gasteiger partial charge in [-0.25, -0.2) is 4.79 Å². The van der Waals surface area contributed by atoms with Crippen LogP contribution in [0.15, 0.2) is 73.1 Å². The molecule has 3 rings (SSSR count). The number of nitrogens with one attached hydrogen (secondary N) is 1. The van der Waals surface area contributed by atoms with Gasteiger partial charge in [-0.05, 0) is 53.4 Å². The topological polar surface area (TPSA) is 45.2 Å². The molecular formula is C22H22ClN3O. The van der Waals surface area contributed by atoms with Crippen LogP contribution in [0, 0.1) is 0 Å². The number of aryl methyl sites for hydroxylation is 1. The number of nitrogens with zero attached hydrogens (tertiary/aromatic N) is 2. The maximum absolute atomic E-state index is 12.9. The number of carbonyl (C=O) groups excluding carboxylic acids is 1. The highest BCUT2D eigenvalue weighted by molar-refractivity contribution is 6.30. The molecule has 2 amide bonds. The Kier molecular flexibility index (Phi) is 6.44. The molecule has 0 unspecified atom stereocenters. The first-order valence-corrected chi connectivity index (χ1v) is 9.30. The number of amides is 2. The van der Waals surface area contributed by atoms with Crippen LogP contribution in [0.2, 0.25) is 5.02 Å². The molecular weight excluding hydrogens is 358 g/mol. The molecule has 1 aromatic heterocycles.